The fourth-order valence-electron chi connectivity index (χ4n) is 3.99. The maximum absolute atomic E-state index is 12.8. The number of amides is 1. The molecule has 2 fully saturated rings. The summed E-state index contributed by atoms with van der Waals surface area (Å²) in [6.07, 6.45) is 3.96. The number of halogens is 1. The Balaban J connectivity index is 1.42. The molecule has 0 saturated carbocycles. The van der Waals surface area contributed by atoms with E-state index in [1.807, 2.05) is 23.1 Å². The van der Waals surface area contributed by atoms with Crippen molar-refractivity contribution in [3.8, 4) is 0 Å². The molecule has 148 valence electrons. The summed E-state index contributed by atoms with van der Waals surface area (Å²) in [5.41, 5.74) is 1.63. The highest BCUT2D eigenvalue weighted by Crippen LogP contribution is 2.22. The minimum absolute atomic E-state index is 0.0211. The van der Waals surface area contributed by atoms with Gasteiger partial charge in [-0.2, -0.15) is 0 Å². The summed E-state index contributed by atoms with van der Waals surface area (Å²) >= 11 is 6.12. The number of piperazine rings is 1. The van der Waals surface area contributed by atoms with Crippen molar-refractivity contribution < 1.29 is 4.79 Å². The van der Waals surface area contributed by atoms with Gasteiger partial charge in [0, 0.05) is 56.2 Å². The van der Waals surface area contributed by atoms with Gasteiger partial charge in [0.15, 0.2) is 0 Å². The molecular formula is C21H26ClN5O. The number of carbonyl (C=O) groups excluding carboxylic acids is 1. The van der Waals surface area contributed by atoms with Gasteiger partial charge < -0.3 is 14.7 Å². The van der Waals surface area contributed by atoms with E-state index >= 15 is 0 Å². The number of likely N-dealkylation sites (tertiary alicyclic amines) is 1. The number of nitrogens with zero attached hydrogens (tertiary/aromatic N) is 5. The highest BCUT2D eigenvalue weighted by molar-refractivity contribution is 6.30. The van der Waals surface area contributed by atoms with Crippen LogP contribution >= 0.6 is 11.6 Å². The maximum Gasteiger partial charge on any atom is 0.272 e. The van der Waals surface area contributed by atoms with Crippen LogP contribution < -0.4 is 9.80 Å². The van der Waals surface area contributed by atoms with Crippen LogP contribution in [-0.4, -0.2) is 60.0 Å². The lowest BCUT2D eigenvalue weighted by atomic mass is 10.00. The fraction of sp³-hybridized carbons (Fsp3) is 0.476. The standard InChI is InChI=1S/C21H26ClN5O/c1-16-4-3-9-27(15-16)20(28)19-7-8-23-21(24-19)26-12-10-25(11-13-26)18-6-2-5-17(22)14-18/h2,5-8,14,16H,3-4,9-13,15H2,1H3. The zero-order valence-corrected chi connectivity index (χ0v) is 17.0. The minimum atomic E-state index is 0.0211. The highest BCUT2D eigenvalue weighted by atomic mass is 35.5. The van der Waals surface area contributed by atoms with Gasteiger partial charge in [-0.25, -0.2) is 9.97 Å². The third-order valence-corrected chi connectivity index (χ3v) is 5.78. The summed E-state index contributed by atoms with van der Waals surface area (Å²) in [5, 5.41) is 0.751. The van der Waals surface area contributed by atoms with Crippen LogP contribution in [-0.2, 0) is 0 Å². The van der Waals surface area contributed by atoms with Crippen LogP contribution in [0.1, 0.15) is 30.3 Å². The third kappa shape index (κ3) is 4.22. The zero-order chi connectivity index (χ0) is 19.5. The lowest BCUT2D eigenvalue weighted by Gasteiger charge is -2.36. The number of benzene rings is 1. The highest BCUT2D eigenvalue weighted by Gasteiger charge is 2.25. The number of rotatable bonds is 3. The van der Waals surface area contributed by atoms with Crippen molar-refractivity contribution in [2.75, 3.05) is 49.1 Å². The van der Waals surface area contributed by atoms with Crippen molar-refractivity contribution in [2.45, 2.75) is 19.8 Å². The monoisotopic (exact) mass is 399 g/mol. The molecule has 7 heteroatoms. The van der Waals surface area contributed by atoms with Crippen LogP contribution in [0, 0.1) is 5.92 Å². The third-order valence-electron chi connectivity index (χ3n) is 5.54. The molecule has 1 amide bonds. The summed E-state index contributed by atoms with van der Waals surface area (Å²) in [7, 11) is 0. The Kier molecular flexibility index (Phi) is 5.67. The van der Waals surface area contributed by atoms with Gasteiger partial charge >= 0.3 is 0 Å². The van der Waals surface area contributed by atoms with Crippen LogP contribution in [0.25, 0.3) is 0 Å². The molecule has 2 aliphatic rings. The molecule has 0 aliphatic carbocycles. The molecule has 2 saturated heterocycles. The van der Waals surface area contributed by atoms with E-state index in [1.165, 1.54) is 6.42 Å². The second-order valence-electron chi connectivity index (χ2n) is 7.69. The quantitative estimate of drug-likeness (QED) is 0.792. The number of hydrogen-bond donors (Lipinski definition) is 0. The molecule has 2 aliphatic heterocycles. The normalized spacial score (nSPS) is 20.4. The molecule has 6 nitrogen and oxygen atoms in total. The molecule has 0 spiro atoms. The van der Waals surface area contributed by atoms with Crippen molar-refractivity contribution in [2.24, 2.45) is 5.92 Å². The Morgan fingerprint density at radius 1 is 1.11 bits per heavy atom. The summed E-state index contributed by atoms with van der Waals surface area (Å²) in [6.45, 7) is 7.19. The molecule has 0 bridgehead atoms. The average molecular weight is 400 g/mol. The predicted octanol–water partition coefficient (Wildman–Crippen LogP) is 3.33. The van der Waals surface area contributed by atoms with Gasteiger partial charge in [-0.15, -0.1) is 0 Å². The van der Waals surface area contributed by atoms with E-state index in [0.29, 0.717) is 17.6 Å². The Bertz CT molecular complexity index is 837. The van der Waals surface area contributed by atoms with Gasteiger partial charge in [0.2, 0.25) is 5.95 Å². The van der Waals surface area contributed by atoms with Gasteiger partial charge in [0.05, 0.1) is 0 Å². The van der Waals surface area contributed by atoms with E-state index in [-0.39, 0.29) is 5.91 Å². The molecule has 2 aromatic rings. The van der Waals surface area contributed by atoms with Crippen molar-refractivity contribution in [3.05, 3.63) is 47.2 Å². The second kappa shape index (κ2) is 8.35. The molecule has 3 heterocycles. The maximum atomic E-state index is 12.8. The van der Waals surface area contributed by atoms with Crippen LogP contribution in [0.4, 0.5) is 11.6 Å². The Morgan fingerprint density at radius 2 is 1.89 bits per heavy atom. The van der Waals surface area contributed by atoms with Gasteiger partial charge in [-0.1, -0.05) is 24.6 Å². The van der Waals surface area contributed by atoms with Gasteiger partial charge in [0.25, 0.3) is 5.91 Å². The second-order valence-corrected chi connectivity index (χ2v) is 8.13. The summed E-state index contributed by atoms with van der Waals surface area (Å²) in [6, 6.07) is 9.67. The van der Waals surface area contributed by atoms with Crippen LogP contribution in [0.5, 0.6) is 0 Å². The lowest BCUT2D eigenvalue weighted by molar-refractivity contribution is 0.0677. The topological polar surface area (TPSA) is 52.6 Å². The van der Waals surface area contributed by atoms with Crippen LogP contribution in [0.15, 0.2) is 36.5 Å². The first-order chi connectivity index (χ1) is 13.6. The molecular weight excluding hydrogens is 374 g/mol. The first-order valence-electron chi connectivity index (χ1n) is 9.98. The lowest BCUT2D eigenvalue weighted by Crippen LogP contribution is -2.47. The SMILES string of the molecule is CC1CCCN(C(=O)c2ccnc(N3CCN(c4cccc(Cl)c4)CC3)n2)C1. The van der Waals surface area contributed by atoms with E-state index < -0.39 is 0 Å². The molecule has 28 heavy (non-hydrogen) atoms. The van der Waals surface area contributed by atoms with E-state index in [2.05, 4.69) is 32.8 Å². The zero-order valence-electron chi connectivity index (χ0n) is 16.2. The van der Waals surface area contributed by atoms with Crippen molar-refractivity contribution in [1.82, 2.24) is 14.9 Å². The molecule has 1 unspecified atom stereocenters. The van der Waals surface area contributed by atoms with E-state index in [1.54, 1.807) is 12.3 Å². The van der Waals surface area contributed by atoms with Gasteiger partial charge in [-0.3, -0.25) is 4.79 Å². The van der Waals surface area contributed by atoms with Gasteiger partial charge in [-0.05, 0) is 43.0 Å². The van der Waals surface area contributed by atoms with Crippen molar-refractivity contribution in [1.29, 1.82) is 0 Å². The molecule has 1 atom stereocenters. The van der Waals surface area contributed by atoms with Crippen LogP contribution in [0.2, 0.25) is 5.02 Å². The Morgan fingerprint density at radius 3 is 2.64 bits per heavy atom. The summed E-state index contributed by atoms with van der Waals surface area (Å²) in [4.78, 5) is 28.2. The molecule has 4 rings (SSSR count). The average Bonchev–Trinajstić information content (AvgIpc) is 2.73. The Labute approximate surface area is 171 Å². The number of piperidine rings is 1. The minimum Gasteiger partial charge on any atom is -0.368 e. The van der Waals surface area contributed by atoms with E-state index in [9.17, 15) is 4.79 Å². The first-order valence-corrected chi connectivity index (χ1v) is 10.4. The summed E-state index contributed by atoms with van der Waals surface area (Å²) < 4.78 is 0. The smallest absolute Gasteiger partial charge is 0.272 e. The van der Waals surface area contributed by atoms with E-state index in [0.717, 1.165) is 56.4 Å². The van der Waals surface area contributed by atoms with Crippen molar-refractivity contribution >= 4 is 29.1 Å². The molecule has 0 radical (unpaired) electrons. The largest absolute Gasteiger partial charge is 0.368 e. The van der Waals surface area contributed by atoms with Crippen LogP contribution in [0.3, 0.4) is 0 Å². The molecule has 1 aromatic carbocycles. The predicted molar refractivity (Wildman–Crippen MR) is 112 cm³/mol. The number of carbonyl (C=O) groups is 1. The number of hydrogen-bond acceptors (Lipinski definition) is 5. The van der Waals surface area contributed by atoms with Gasteiger partial charge in [0.1, 0.15) is 5.69 Å². The molecule has 1 aromatic heterocycles. The number of aromatic nitrogens is 2. The van der Waals surface area contributed by atoms with E-state index in [4.69, 9.17) is 11.6 Å². The van der Waals surface area contributed by atoms with Crippen molar-refractivity contribution in [3.63, 3.8) is 0 Å². The number of anilines is 2. The summed E-state index contributed by atoms with van der Waals surface area (Å²) in [5.74, 6) is 1.22. The molecule has 0 N–H and O–H groups in total. The first kappa shape index (κ1) is 19.0. The Hall–Kier alpha value is -2.34. The fourth-order valence-corrected chi connectivity index (χ4v) is 4.18.